The maximum atomic E-state index is 12.8. The van der Waals surface area contributed by atoms with Gasteiger partial charge in [-0.1, -0.05) is 15.9 Å². The minimum atomic E-state index is 0.0358. The molecule has 22 heavy (non-hydrogen) atoms. The molecule has 1 aromatic heterocycles. The fourth-order valence-electron chi connectivity index (χ4n) is 3.01. The second-order valence-corrected chi connectivity index (χ2v) is 6.45. The number of anilines is 1. The molecule has 1 aliphatic heterocycles. The van der Waals surface area contributed by atoms with Gasteiger partial charge in [0.2, 0.25) is 0 Å². The number of aryl methyl sites for hydroxylation is 1. The van der Waals surface area contributed by atoms with Crippen LogP contribution in [0.3, 0.4) is 0 Å². The molecular weight excluding hydrogens is 342 g/mol. The molecule has 0 radical (unpaired) electrons. The predicted molar refractivity (Wildman–Crippen MR) is 90.2 cm³/mol. The Bertz CT molecular complexity index is 900. The molecular formula is C17H14BrN3O. The van der Waals surface area contributed by atoms with Crippen LogP contribution >= 0.6 is 15.9 Å². The molecule has 0 aliphatic carbocycles. The van der Waals surface area contributed by atoms with Gasteiger partial charge in [0, 0.05) is 29.3 Å². The van der Waals surface area contributed by atoms with Gasteiger partial charge in [-0.15, -0.1) is 0 Å². The average Bonchev–Trinajstić information content (AvgIpc) is 3.10. The third kappa shape index (κ3) is 2.04. The fraction of sp³-hybridized carbons (Fsp3) is 0.176. The molecule has 0 fully saturated rings. The zero-order valence-corrected chi connectivity index (χ0v) is 13.7. The second-order valence-electron chi connectivity index (χ2n) is 5.54. The third-order valence-corrected chi connectivity index (χ3v) is 4.65. The summed E-state index contributed by atoms with van der Waals surface area (Å²) in [5.41, 5.74) is 4.78. The lowest BCUT2D eigenvalue weighted by Gasteiger charge is -2.17. The van der Waals surface area contributed by atoms with Gasteiger partial charge >= 0.3 is 0 Å². The molecule has 0 unspecified atom stereocenters. The molecule has 0 saturated heterocycles. The van der Waals surface area contributed by atoms with Crippen LogP contribution in [0.15, 0.2) is 47.2 Å². The second kappa shape index (κ2) is 4.95. The van der Waals surface area contributed by atoms with Gasteiger partial charge in [0.1, 0.15) is 0 Å². The number of imidazole rings is 1. The summed E-state index contributed by atoms with van der Waals surface area (Å²) in [7, 11) is 1.95. The van der Waals surface area contributed by atoms with E-state index in [1.807, 2.05) is 46.8 Å². The zero-order valence-electron chi connectivity index (χ0n) is 12.1. The van der Waals surface area contributed by atoms with Crippen molar-refractivity contribution in [3.8, 4) is 0 Å². The van der Waals surface area contributed by atoms with Crippen LogP contribution in [0.25, 0.3) is 11.0 Å². The number of carbonyl (C=O) groups excluding carboxylic acids is 1. The maximum absolute atomic E-state index is 12.8. The fourth-order valence-corrected chi connectivity index (χ4v) is 3.41. The lowest BCUT2D eigenvalue weighted by Crippen LogP contribution is -2.28. The first kappa shape index (κ1) is 13.5. The number of hydrogen-bond donors (Lipinski definition) is 0. The van der Waals surface area contributed by atoms with Crippen LogP contribution in [0, 0.1) is 0 Å². The van der Waals surface area contributed by atoms with Crippen molar-refractivity contribution in [2.24, 2.45) is 7.05 Å². The topological polar surface area (TPSA) is 38.1 Å². The standard InChI is InChI=1S/C17H14BrN3O/c1-20-10-19-14-9-12(2-4-16(14)20)17(22)21-7-6-11-8-13(18)3-5-15(11)21/h2-5,8-10H,6-7H2,1H3. The van der Waals surface area contributed by atoms with E-state index in [2.05, 4.69) is 27.0 Å². The van der Waals surface area contributed by atoms with Gasteiger partial charge < -0.3 is 9.47 Å². The highest BCUT2D eigenvalue weighted by atomic mass is 79.9. The van der Waals surface area contributed by atoms with Crippen molar-refractivity contribution in [3.63, 3.8) is 0 Å². The Morgan fingerprint density at radius 3 is 2.95 bits per heavy atom. The summed E-state index contributed by atoms with van der Waals surface area (Å²) in [5, 5.41) is 0. The summed E-state index contributed by atoms with van der Waals surface area (Å²) >= 11 is 3.48. The number of rotatable bonds is 1. The van der Waals surface area contributed by atoms with Gasteiger partial charge in [0.25, 0.3) is 5.91 Å². The molecule has 3 aromatic rings. The Balaban J connectivity index is 1.72. The van der Waals surface area contributed by atoms with Crippen molar-refractivity contribution in [2.45, 2.75) is 6.42 Å². The van der Waals surface area contributed by atoms with Crippen molar-refractivity contribution in [2.75, 3.05) is 11.4 Å². The summed E-state index contributed by atoms with van der Waals surface area (Å²) < 4.78 is 3.00. The molecule has 1 amide bonds. The number of fused-ring (bicyclic) bond motifs is 2. The van der Waals surface area contributed by atoms with Crippen LogP contribution < -0.4 is 4.90 Å². The number of nitrogens with zero attached hydrogens (tertiary/aromatic N) is 3. The number of hydrogen-bond acceptors (Lipinski definition) is 2. The summed E-state index contributed by atoms with van der Waals surface area (Å²) in [6, 6.07) is 11.8. The van der Waals surface area contributed by atoms with Gasteiger partial charge in [-0.3, -0.25) is 4.79 Å². The van der Waals surface area contributed by atoms with E-state index in [9.17, 15) is 4.79 Å². The first-order chi connectivity index (χ1) is 10.6. The number of halogens is 1. The van der Waals surface area contributed by atoms with E-state index in [4.69, 9.17) is 0 Å². The number of carbonyl (C=O) groups is 1. The molecule has 0 bridgehead atoms. The molecule has 0 spiro atoms. The first-order valence-corrected chi connectivity index (χ1v) is 7.94. The lowest BCUT2D eigenvalue weighted by atomic mass is 10.1. The Hall–Kier alpha value is -2.14. The largest absolute Gasteiger partial charge is 0.334 e. The highest BCUT2D eigenvalue weighted by Gasteiger charge is 2.25. The number of benzene rings is 2. The Morgan fingerprint density at radius 2 is 2.09 bits per heavy atom. The first-order valence-electron chi connectivity index (χ1n) is 7.15. The predicted octanol–water partition coefficient (Wildman–Crippen LogP) is 3.54. The maximum Gasteiger partial charge on any atom is 0.258 e. The van der Waals surface area contributed by atoms with E-state index in [1.165, 1.54) is 5.56 Å². The molecule has 4 rings (SSSR count). The van der Waals surface area contributed by atoms with Crippen molar-refractivity contribution >= 4 is 38.6 Å². The molecule has 4 nitrogen and oxygen atoms in total. The Labute approximate surface area is 136 Å². The van der Waals surface area contributed by atoms with Gasteiger partial charge in [-0.05, 0) is 48.4 Å². The van der Waals surface area contributed by atoms with Gasteiger partial charge in [0.15, 0.2) is 0 Å². The van der Waals surface area contributed by atoms with Crippen LogP contribution in [0.4, 0.5) is 5.69 Å². The van der Waals surface area contributed by atoms with Gasteiger partial charge in [0.05, 0.1) is 17.4 Å². The molecule has 1 aliphatic rings. The molecule has 0 N–H and O–H groups in total. The molecule has 5 heteroatoms. The minimum absolute atomic E-state index is 0.0358. The molecule has 110 valence electrons. The molecule has 0 atom stereocenters. The Kier molecular flexibility index (Phi) is 3.04. The van der Waals surface area contributed by atoms with Crippen LogP contribution in [0.5, 0.6) is 0 Å². The highest BCUT2D eigenvalue weighted by Crippen LogP contribution is 2.31. The van der Waals surface area contributed by atoms with E-state index in [0.717, 1.165) is 34.2 Å². The summed E-state index contributed by atoms with van der Waals surface area (Å²) in [6.45, 7) is 0.727. The molecule has 2 aromatic carbocycles. The highest BCUT2D eigenvalue weighted by molar-refractivity contribution is 9.10. The quantitative estimate of drug-likeness (QED) is 0.669. The van der Waals surface area contributed by atoms with Crippen molar-refractivity contribution < 1.29 is 4.79 Å². The van der Waals surface area contributed by atoms with E-state index in [0.29, 0.717) is 5.56 Å². The zero-order chi connectivity index (χ0) is 15.3. The van der Waals surface area contributed by atoms with Crippen LogP contribution in [-0.2, 0) is 13.5 Å². The Morgan fingerprint density at radius 1 is 1.23 bits per heavy atom. The third-order valence-electron chi connectivity index (χ3n) is 4.15. The minimum Gasteiger partial charge on any atom is -0.334 e. The van der Waals surface area contributed by atoms with E-state index >= 15 is 0 Å². The van der Waals surface area contributed by atoms with Crippen LogP contribution in [0.2, 0.25) is 0 Å². The summed E-state index contributed by atoms with van der Waals surface area (Å²) in [6.07, 6.45) is 2.66. The smallest absolute Gasteiger partial charge is 0.258 e. The summed E-state index contributed by atoms with van der Waals surface area (Å²) in [4.78, 5) is 19.0. The monoisotopic (exact) mass is 355 g/mol. The van der Waals surface area contributed by atoms with E-state index in [1.54, 1.807) is 6.33 Å². The SMILES string of the molecule is Cn1cnc2cc(C(=O)N3CCc4cc(Br)ccc43)ccc21. The van der Waals surface area contributed by atoms with Crippen molar-refractivity contribution in [1.29, 1.82) is 0 Å². The average molecular weight is 356 g/mol. The number of aromatic nitrogens is 2. The molecule has 0 saturated carbocycles. The lowest BCUT2D eigenvalue weighted by molar-refractivity contribution is 0.0989. The normalized spacial score (nSPS) is 13.6. The van der Waals surface area contributed by atoms with Gasteiger partial charge in [-0.25, -0.2) is 4.98 Å². The van der Waals surface area contributed by atoms with E-state index in [-0.39, 0.29) is 5.91 Å². The van der Waals surface area contributed by atoms with Crippen molar-refractivity contribution in [1.82, 2.24) is 9.55 Å². The van der Waals surface area contributed by atoms with Crippen LogP contribution in [-0.4, -0.2) is 22.0 Å². The van der Waals surface area contributed by atoms with Gasteiger partial charge in [-0.2, -0.15) is 0 Å². The summed E-state index contributed by atoms with van der Waals surface area (Å²) in [5.74, 6) is 0.0358. The van der Waals surface area contributed by atoms with Crippen LogP contribution in [0.1, 0.15) is 15.9 Å². The number of amides is 1. The van der Waals surface area contributed by atoms with Crippen molar-refractivity contribution in [3.05, 3.63) is 58.3 Å². The molecule has 2 heterocycles. The van der Waals surface area contributed by atoms with E-state index < -0.39 is 0 Å².